The molecule has 0 amide bonds. The highest BCUT2D eigenvalue weighted by molar-refractivity contribution is 7.07. The number of fused-ring (bicyclic) bond motifs is 1. The Morgan fingerprint density at radius 3 is 3.19 bits per heavy atom. The summed E-state index contributed by atoms with van der Waals surface area (Å²) in [4.78, 5) is 8.26. The van der Waals surface area contributed by atoms with E-state index in [4.69, 9.17) is 4.42 Å². The highest BCUT2D eigenvalue weighted by Crippen LogP contribution is 2.18. The number of hydrogen-bond donors (Lipinski definition) is 1. The quantitative estimate of drug-likeness (QED) is 0.753. The number of pyridine rings is 1. The summed E-state index contributed by atoms with van der Waals surface area (Å²) < 4.78 is 5.51. The zero-order valence-electron chi connectivity index (χ0n) is 8.38. The van der Waals surface area contributed by atoms with E-state index < -0.39 is 0 Å². The van der Waals surface area contributed by atoms with Gasteiger partial charge in [0.2, 0.25) is 0 Å². The molecule has 3 rings (SSSR count). The van der Waals surface area contributed by atoms with Gasteiger partial charge in [-0.1, -0.05) is 0 Å². The molecule has 0 aromatic carbocycles. The van der Waals surface area contributed by atoms with Crippen molar-refractivity contribution < 1.29 is 4.42 Å². The Balaban J connectivity index is 1.79. The average molecular weight is 231 g/mol. The van der Waals surface area contributed by atoms with Crippen molar-refractivity contribution in [1.82, 2.24) is 9.97 Å². The Labute approximate surface area is 96.0 Å². The van der Waals surface area contributed by atoms with Crippen LogP contribution in [-0.4, -0.2) is 9.97 Å². The molecule has 16 heavy (non-hydrogen) atoms. The van der Waals surface area contributed by atoms with Crippen LogP contribution in [0.15, 0.2) is 39.7 Å². The van der Waals surface area contributed by atoms with E-state index in [1.807, 2.05) is 5.38 Å². The summed E-state index contributed by atoms with van der Waals surface area (Å²) in [6, 6.07) is 4.41. The first-order valence-electron chi connectivity index (χ1n) is 4.87. The Morgan fingerprint density at radius 2 is 2.38 bits per heavy atom. The van der Waals surface area contributed by atoms with Crippen LogP contribution in [0.25, 0.3) is 11.1 Å². The topological polar surface area (TPSA) is 51.0 Å². The number of nitrogens with one attached hydrogen (secondary N) is 1. The van der Waals surface area contributed by atoms with Crippen molar-refractivity contribution in [1.29, 1.82) is 0 Å². The lowest BCUT2D eigenvalue weighted by Crippen LogP contribution is -1.97. The third-order valence-corrected chi connectivity index (χ3v) is 2.95. The summed E-state index contributed by atoms with van der Waals surface area (Å²) in [5.41, 5.74) is 2.75. The van der Waals surface area contributed by atoms with Crippen LogP contribution in [-0.2, 0) is 6.54 Å². The molecule has 0 aliphatic heterocycles. The number of anilines is 1. The van der Waals surface area contributed by atoms with Crippen molar-refractivity contribution in [2.45, 2.75) is 6.54 Å². The third kappa shape index (κ3) is 1.77. The molecule has 3 aromatic heterocycles. The fraction of sp³-hybridized carbons (Fsp3) is 0.0909. The van der Waals surface area contributed by atoms with Gasteiger partial charge in [0.05, 0.1) is 6.20 Å². The van der Waals surface area contributed by atoms with Gasteiger partial charge < -0.3 is 9.73 Å². The molecule has 0 spiro atoms. The van der Waals surface area contributed by atoms with Crippen LogP contribution in [0.4, 0.5) is 6.01 Å². The van der Waals surface area contributed by atoms with E-state index in [1.165, 1.54) is 5.56 Å². The van der Waals surface area contributed by atoms with Gasteiger partial charge in [-0.2, -0.15) is 16.3 Å². The molecule has 80 valence electrons. The van der Waals surface area contributed by atoms with E-state index in [0.29, 0.717) is 6.01 Å². The van der Waals surface area contributed by atoms with Gasteiger partial charge in [0.1, 0.15) is 5.52 Å². The molecule has 3 heterocycles. The van der Waals surface area contributed by atoms with Gasteiger partial charge in [-0.25, -0.2) is 0 Å². The van der Waals surface area contributed by atoms with Gasteiger partial charge in [-0.05, 0) is 22.4 Å². The predicted molar refractivity (Wildman–Crippen MR) is 63.4 cm³/mol. The maximum atomic E-state index is 5.51. The first-order chi connectivity index (χ1) is 7.92. The number of rotatable bonds is 3. The van der Waals surface area contributed by atoms with Crippen LogP contribution in [0.2, 0.25) is 0 Å². The fourth-order valence-electron chi connectivity index (χ4n) is 1.43. The Bertz CT molecular complexity index is 555. The van der Waals surface area contributed by atoms with Gasteiger partial charge in [-0.3, -0.25) is 4.98 Å². The minimum absolute atomic E-state index is 0.536. The lowest BCUT2D eigenvalue weighted by molar-refractivity contribution is 0.614. The van der Waals surface area contributed by atoms with Gasteiger partial charge in [-0.15, -0.1) is 0 Å². The summed E-state index contributed by atoms with van der Waals surface area (Å²) in [5.74, 6) is 0. The highest BCUT2D eigenvalue weighted by Gasteiger charge is 2.04. The summed E-state index contributed by atoms with van der Waals surface area (Å²) in [5, 5.41) is 7.28. The molecule has 0 unspecified atom stereocenters. The van der Waals surface area contributed by atoms with E-state index >= 15 is 0 Å². The summed E-state index contributed by atoms with van der Waals surface area (Å²) in [7, 11) is 0. The van der Waals surface area contributed by atoms with E-state index in [1.54, 1.807) is 29.8 Å². The predicted octanol–water partition coefficient (Wildman–Crippen LogP) is 2.90. The molecule has 0 atom stereocenters. The average Bonchev–Trinajstić information content (AvgIpc) is 2.95. The van der Waals surface area contributed by atoms with Crippen LogP contribution in [0, 0.1) is 0 Å². The van der Waals surface area contributed by atoms with Crippen LogP contribution >= 0.6 is 11.3 Å². The highest BCUT2D eigenvalue weighted by atomic mass is 32.1. The van der Waals surface area contributed by atoms with Gasteiger partial charge >= 0.3 is 0 Å². The van der Waals surface area contributed by atoms with Crippen LogP contribution in [0.5, 0.6) is 0 Å². The lowest BCUT2D eigenvalue weighted by Gasteiger charge is -1.97. The molecule has 0 saturated heterocycles. The first-order valence-corrected chi connectivity index (χ1v) is 5.81. The number of thiophene rings is 1. The van der Waals surface area contributed by atoms with Crippen LogP contribution in [0.3, 0.4) is 0 Å². The second-order valence-corrected chi connectivity index (χ2v) is 4.13. The molecule has 0 bridgehead atoms. The summed E-state index contributed by atoms with van der Waals surface area (Å²) in [6.07, 6.45) is 3.38. The molecule has 0 saturated carbocycles. The summed E-state index contributed by atoms with van der Waals surface area (Å²) in [6.45, 7) is 0.726. The molecule has 1 N–H and O–H groups in total. The van der Waals surface area contributed by atoms with E-state index in [2.05, 4.69) is 26.7 Å². The van der Waals surface area contributed by atoms with Crippen molar-refractivity contribution in [2.24, 2.45) is 0 Å². The molecule has 0 aliphatic carbocycles. The number of hydrogen-bond acceptors (Lipinski definition) is 5. The van der Waals surface area contributed by atoms with Crippen molar-refractivity contribution in [3.63, 3.8) is 0 Å². The maximum absolute atomic E-state index is 5.51. The minimum atomic E-state index is 0.536. The normalized spacial score (nSPS) is 10.8. The monoisotopic (exact) mass is 231 g/mol. The Hall–Kier alpha value is -1.88. The second kappa shape index (κ2) is 3.94. The van der Waals surface area contributed by atoms with E-state index in [-0.39, 0.29) is 0 Å². The lowest BCUT2D eigenvalue weighted by atomic mass is 10.3. The zero-order valence-corrected chi connectivity index (χ0v) is 9.20. The van der Waals surface area contributed by atoms with Crippen molar-refractivity contribution in [3.05, 3.63) is 40.8 Å². The fourth-order valence-corrected chi connectivity index (χ4v) is 2.10. The molecule has 5 heteroatoms. The van der Waals surface area contributed by atoms with Gasteiger partial charge in [0.15, 0.2) is 5.58 Å². The summed E-state index contributed by atoms with van der Waals surface area (Å²) >= 11 is 1.68. The largest absolute Gasteiger partial charge is 0.423 e. The second-order valence-electron chi connectivity index (χ2n) is 3.35. The Kier molecular flexibility index (Phi) is 2.30. The van der Waals surface area contributed by atoms with E-state index in [0.717, 1.165) is 17.6 Å². The molecule has 0 aliphatic rings. The number of oxazole rings is 1. The zero-order chi connectivity index (χ0) is 10.8. The number of aromatic nitrogens is 2. The number of nitrogens with zero attached hydrogens (tertiary/aromatic N) is 2. The standard InChI is InChI=1S/C11H9N3OS/c1-3-12-6-9-10(1)15-11(14-9)13-5-8-2-4-16-7-8/h1-4,6-7H,5H2,(H,13,14). The molecule has 4 nitrogen and oxygen atoms in total. The molecule has 3 aromatic rings. The maximum Gasteiger partial charge on any atom is 0.296 e. The SMILES string of the molecule is c1cc2oc(NCc3ccsc3)nc2cn1. The van der Waals surface area contributed by atoms with Crippen molar-refractivity contribution in [3.8, 4) is 0 Å². The van der Waals surface area contributed by atoms with Crippen molar-refractivity contribution in [2.75, 3.05) is 5.32 Å². The van der Waals surface area contributed by atoms with Gasteiger partial charge in [0, 0.05) is 18.8 Å². The van der Waals surface area contributed by atoms with Gasteiger partial charge in [0.25, 0.3) is 6.01 Å². The molecular formula is C11H9N3OS. The molecular weight excluding hydrogens is 222 g/mol. The molecule has 0 fully saturated rings. The smallest absolute Gasteiger partial charge is 0.296 e. The van der Waals surface area contributed by atoms with Crippen LogP contribution < -0.4 is 5.32 Å². The first kappa shape index (κ1) is 9.35. The van der Waals surface area contributed by atoms with E-state index in [9.17, 15) is 0 Å². The van der Waals surface area contributed by atoms with Crippen LogP contribution in [0.1, 0.15) is 5.56 Å². The third-order valence-electron chi connectivity index (χ3n) is 2.21. The van der Waals surface area contributed by atoms with Crippen molar-refractivity contribution >= 4 is 28.5 Å². The molecule has 0 radical (unpaired) electrons. The minimum Gasteiger partial charge on any atom is -0.423 e. The Morgan fingerprint density at radius 1 is 1.38 bits per heavy atom.